The first-order valence-electron chi connectivity index (χ1n) is 8.28. The minimum absolute atomic E-state index is 0.157. The van der Waals surface area contributed by atoms with Crippen LogP contribution in [0.3, 0.4) is 0 Å². The van der Waals surface area contributed by atoms with Gasteiger partial charge in [-0.1, -0.05) is 19.4 Å². The van der Waals surface area contributed by atoms with E-state index in [0.29, 0.717) is 19.4 Å². The second kappa shape index (κ2) is 7.59. The maximum absolute atomic E-state index is 12.5. The summed E-state index contributed by atoms with van der Waals surface area (Å²) >= 11 is 0. The fourth-order valence-corrected chi connectivity index (χ4v) is 2.85. The molecule has 2 unspecified atom stereocenters. The fourth-order valence-electron chi connectivity index (χ4n) is 2.85. The van der Waals surface area contributed by atoms with Crippen LogP contribution in [0.5, 0.6) is 0 Å². The summed E-state index contributed by atoms with van der Waals surface area (Å²) in [4.78, 5) is 26.4. The minimum atomic E-state index is -0.648. The van der Waals surface area contributed by atoms with Crippen LogP contribution in [0.2, 0.25) is 0 Å². The number of aliphatic hydroxyl groups excluding tert-OH is 1. The van der Waals surface area contributed by atoms with Gasteiger partial charge in [0.1, 0.15) is 5.92 Å². The average molecular weight is 318 g/mol. The topological polar surface area (TPSA) is 69.6 Å². The number of nitrogens with zero attached hydrogens (tertiary/aromatic N) is 1. The molecule has 1 heterocycles. The number of anilines is 1. The third kappa shape index (κ3) is 4.10. The van der Waals surface area contributed by atoms with Crippen LogP contribution in [0.15, 0.2) is 18.2 Å². The number of amides is 2. The summed E-state index contributed by atoms with van der Waals surface area (Å²) in [7, 11) is 0. The maximum atomic E-state index is 12.5. The highest BCUT2D eigenvalue weighted by Gasteiger charge is 2.37. The Balaban J connectivity index is 1.98. The lowest BCUT2D eigenvalue weighted by molar-refractivity contribution is -0.132. The Hall–Kier alpha value is -1.88. The predicted octanol–water partition coefficient (Wildman–Crippen LogP) is 1.93. The van der Waals surface area contributed by atoms with Gasteiger partial charge in [-0.25, -0.2) is 0 Å². The number of rotatable bonds is 6. The Morgan fingerprint density at radius 1 is 1.39 bits per heavy atom. The van der Waals surface area contributed by atoms with Crippen molar-refractivity contribution in [2.75, 3.05) is 18.0 Å². The first kappa shape index (κ1) is 17.5. The zero-order valence-corrected chi connectivity index (χ0v) is 14.1. The molecule has 1 aromatic rings. The molecule has 126 valence electrons. The van der Waals surface area contributed by atoms with E-state index in [1.807, 2.05) is 39.0 Å². The Morgan fingerprint density at radius 3 is 2.78 bits per heavy atom. The molecule has 1 saturated heterocycles. The molecule has 1 fully saturated rings. The van der Waals surface area contributed by atoms with Gasteiger partial charge in [0.05, 0.1) is 6.10 Å². The first-order valence-corrected chi connectivity index (χ1v) is 8.28. The summed E-state index contributed by atoms with van der Waals surface area (Å²) in [6.45, 7) is 6.78. The molecule has 0 aliphatic carbocycles. The van der Waals surface area contributed by atoms with E-state index in [0.717, 1.165) is 17.7 Å². The molecule has 1 aliphatic heterocycles. The number of aryl methyl sites for hydroxylation is 2. The van der Waals surface area contributed by atoms with E-state index in [9.17, 15) is 14.7 Å². The third-order valence-corrected chi connectivity index (χ3v) is 4.46. The van der Waals surface area contributed by atoms with Crippen LogP contribution >= 0.6 is 0 Å². The van der Waals surface area contributed by atoms with Gasteiger partial charge in [0, 0.05) is 18.8 Å². The summed E-state index contributed by atoms with van der Waals surface area (Å²) in [5.74, 6) is -1.09. The normalized spacial score (nSPS) is 19.0. The van der Waals surface area contributed by atoms with Crippen molar-refractivity contribution in [2.24, 2.45) is 5.92 Å². The maximum Gasteiger partial charge on any atom is 0.239 e. The molecule has 0 spiro atoms. The van der Waals surface area contributed by atoms with E-state index in [1.54, 1.807) is 4.90 Å². The molecule has 5 heteroatoms. The molecule has 1 aliphatic rings. The molecule has 2 N–H and O–H groups in total. The minimum Gasteiger partial charge on any atom is -0.391 e. The van der Waals surface area contributed by atoms with E-state index in [2.05, 4.69) is 5.32 Å². The number of carbonyl (C=O) groups is 2. The van der Waals surface area contributed by atoms with Crippen LogP contribution in [0, 0.1) is 19.8 Å². The number of carbonyl (C=O) groups excluding carboxylic acids is 2. The SMILES string of the molecule is CCCC(O)CNC(=O)C1CCN(c2ccc(C)c(C)c2)C1=O. The second-order valence-electron chi connectivity index (χ2n) is 6.29. The highest BCUT2D eigenvalue weighted by Crippen LogP contribution is 2.27. The zero-order chi connectivity index (χ0) is 17.0. The van der Waals surface area contributed by atoms with Crippen LogP contribution in [-0.4, -0.2) is 36.1 Å². The first-order chi connectivity index (χ1) is 10.9. The summed E-state index contributed by atoms with van der Waals surface area (Å²) < 4.78 is 0. The van der Waals surface area contributed by atoms with Crippen molar-refractivity contribution in [1.82, 2.24) is 5.32 Å². The molecule has 0 radical (unpaired) electrons. The van der Waals surface area contributed by atoms with Gasteiger partial charge in [-0.3, -0.25) is 9.59 Å². The Labute approximate surface area is 137 Å². The van der Waals surface area contributed by atoms with Crippen molar-refractivity contribution in [2.45, 2.75) is 46.1 Å². The molecule has 0 saturated carbocycles. The van der Waals surface area contributed by atoms with Gasteiger partial charge in [0.15, 0.2) is 0 Å². The Bertz CT molecular complexity index is 586. The van der Waals surface area contributed by atoms with Gasteiger partial charge in [0.2, 0.25) is 11.8 Å². The molecule has 0 bridgehead atoms. The Kier molecular flexibility index (Phi) is 5.77. The van der Waals surface area contributed by atoms with E-state index < -0.39 is 12.0 Å². The van der Waals surface area contributed by atoms with E-state index in [4.69, 9.17) is 0 Å². The summed E-state index contributed by atoms with van der Waals surface area (Å²) in [5, 5.41) is 12.4. The quantitative estimate of drug-likeness (QED) is 0.788. The lowest BCUT2D eigenvalue weighted by atomic mass is 10.1. The molecule has 2 atom stereocenters. The van der Waals surface area contributed by atoms with Crippen LogP contribution in [0.1, 0.15) is 37.3 Å². The van der Waals surface area contributed by atoms with Crippen molar-refractivity contribution in [1.29, 1.82) is 0 Å². The number of hydrogen-bond acceptors (Lipinski definition) is 3. The molecular formula is C18H26N2O3. The lowest BCUT2D eigenvalue weighted by Gasteiger charge is -2.18. The predicted molar refractivity (Wildman–Crippen MR) is 90.3 cm³/mol. The molecular weight excluding hydrogens is 292 g/mol. The Morgan fingerprint density at radius 2 is 2.13 bits per heavy atom. The van der Waals surface area contributed by atoms with Crippen molar-refractivity contribution >= 4 is 17.5 Å². The van der Waals surface area contributed by atoms with Crippen molar-refractivity contribution in [3.05, 3.63) is 29.3 Å². The number of hydrogen-bond donors (Lipinski definition) is 2. The third-order valence-electron chi connectivity index (χ3n) is 4.46. The van der Waals surface area contributed by atoms with Crippen LogP contribution in [-0.2, 0) is 9.59 Å². The number of aliphatic hydroxyl groups is 1. The van der Waals surface area contributed by atoms with Crippen molar-refractivity contribution in [3.8, 4) is 0 Å². The number of benzene rings is 1. The largest absolute Gasteiger partial charge is 0.391 e. The summed E-state index contributed by atoms with van der Waals surface area (Å²) in [6, 6.07) is 5.90. The molecule has 23 heavy (non-hydrogen) atoms. The molecule has 5 nitrogen and oxygen atoms in total. The van der Waals surface area contributed by atoms with E-state index in [-0.39, 0.29) is 18.4 Å². The van der Waals surface area contributed by atoms with Gasteiger partial charge in [0.25, 0.3) is 0 Å². The van der Waals surface area contributed by atoms with Crippen LogP contribution in [0.4, 0.5) is 5.69 Å². The van der Waals surface area contributed by atoms with Gasteiger partial charge >= 0.3 is 0 Å². The van der Waals surface area contributed by atoms with Crippen molar-refractivity contribution < 1.29 is 14.7 Å². The zero-order valence-electron chi connectivity index (χ0n) is 14.1. The van der Waals surface area contributed by atoms with E-state index in [1.165, 1.54) is 5.56 Å². The average Bonchev–Trinajstić information content (AvgIpc) is 2.90. The summed E-state index contributed by atoms with van der Waals surface area (Å²) in [6.07, 6.45) is 1.48. The van der Waals surface area contributed by atoms with Crippen molar-refractivity contribution in [3.63, 3.8) is 0 Å². The van der Waals surface area contributed by atoms with Crippen LogP contribution < -0.4 is 10.2 Å². The molecule has 0 aromatic heterocycles. The standard InChI is InChI=1S/C18H26N2O3/c1-4-5-15(21)11-19-17(22)16-8-9-20(18(16)23)14-7-6-12(2)13(3)10-14/h6-7,10,15-16,21H,4-5,8-9,11H2,1-3H3,(H,19,22). The second-order valence-corrected chi connectivity index (χ2v) is 6.29. The fraction of sp³-hybridized carbons (Fsp3) is 0.556. The lowest BCUT2D eigenvalue weighted by Crippen LogP contribution is -2.40. The van der Waals surface area contributed by atoms with Gasteiger partial charge in [-0.15, -0.1) is 0 Å². The number of nitrogens with one attached hydrogen (secondary N) is 1. The summed E-state index contributed by atoms with van der Waals surface area (Å²) in [5.41, 5.74) is 3.16. The van der Waals surface area contributed by atoms with Gasteiger partial charge < -0.3 is 15.3 Å². The monoisotopic (exact) mass is 318 g/mol. The highest BCUT2D eigenvalue weighted by atomic mass is 16.3. The van der Waals surface area contributed by atoms with Crippen LogP contribution in [0.25, 0.3) is 0 Å². The smallest absolute Gasteiger partial charge is 0.239 e. The molecule has 1 aromatic carbocycles. The highest BCUT2D eigenvalue weighted by molar-refractivity contribution is 6.09. The van der Waals surface area contributed by atoms with Gasteiger partial charge in [-0.05, 0) is 49.9 Å². The molecule has 2 amide bonds. The van der Waals surface area contributed by atoms with E-state index >= 15 is 0 Å². The molecule has 2 rings (SSSR count). The van der Waals surface area contributed by atoms with Gasteiger partial charge in [-0.2, -0.15) is 0 Å².